The molecule has 0 aliphatic carbocycles. The van der Waals surface area contributed by atoms with E-state index in [2.05, 4.69) is 0 Å². The number of nitrogens with zero attached hydrogens (tertiary/aromatic N) is 1. The van der Waals surface area contributed by atoms with E-state index in [1.807, 2.05) is 72.8 Å². The number of hydrogen-bond acceptors (Lipinski definition) is 3. The van der Waals surface area contributed by atoms with E-state index in [0.717, 1.165) is 16.7 Å². The molecule has 5 heteroatoms. The molecule has 0 amide bonds. The van der Waals surface area contributed by atoms with Crippen LogP contribution in [0.15, 0.2) is 108 Å². The van der Waals surface area contributed by atoms with Gasteiger partial charge in [0, 0.05) is 18.9 Å². The zero-order chi connectivity index (χ0) is 21.8. The van der Waals surface area contributed by atoms with E-state index in [9.17, 15) is 19.8 Å². The molecular weight excluding hydrogens is 390 g/mol. The van der Waals surface area contributed by atoms with Crippen molar-refractivity contribution < 1.29 is 19.8 Å². The number of carboxylic acids is 2. The maximum atomic E-state index is 12.1. The summed E-state index contributed by atoms with van der Waals surface area (Å²) in [6.45, 7) is 0.383. The summed E-state index contributed by atoms with van der Waals surface area (Å²) < 4.78 is 0. The molecule has 0 aromatic heterocycles. The Bertz CT molecular complexity index is 1120. The van der Waals surface area contributed by atoms with Gasteiger partial charge in [-0.05, 0) is 22.3 Å². The third-order valence-electron chi connectivity index (χ3n) is 5.28. The van der Waals surface area contributed by atoms with Crippen LogP contribution in [0.4, 0.5) is 0 Å². The van der Waals surface area contributed by atoms with Gasteiger partial charge in [0.2, 0.25) is 0 Å². The topological polar surface area (TPSA) is 77.8 Å². The number of benzene rings is 3. The Hall–Kier alpha value is -4.12. The second-order valence-electron chi connectivity index (χ2n) is 7.36. The van der Waals surface area contributed by atoms with Gasteiger partial charge in [0.05, 0.1) is 17.1 Å². The molecule has 3 aromatic carbocycles. The molecule has 0 unspecified atom stereocenters. The molecule has 0 saturated heterocycles. The maximum absolute atomic E-state index is 12.1. The fourth-order valence-electron chi connectivity index (χ4n) is 3.81. The molecule has 1 aliphatic heterocycles. The molecule has 0 fully saturated rings. The second-order valence-corrected chi connectivity index (χ2v) is 7.36. The molecule has 0 radical (unpaired) electrons. The predicted molar refractivity (Wildman–Crippen MR) is 118 cm³/mol. The van der Waals surface area contributed by atoms with E-state index in [1.165, 1.54) is 12.4 Å². The zero-order valence-electron chi connectivity index (χ0n) is 16.7. The molecule has 1 heterocycles. The minimum atomic E-state index is -1.14. The van der Waals surface area contributed by atoms with E-state index in [-0.39, 0.29) is 11.1 Å². The van der Waals surface area contributed by atoms with Crippen LogP contribution in [-0.2, 0) is 16.1 Å². The van der Waals surface area contributed by atoms with Crippen molar-refractivity contribution in [3.05, 3.63) is 120 Å². The van der Waals surface area contributed by atoms with Gasteiger partial charge < -0.3 is 15.1 Å². The van der Waals surface area contributed by atoms with Gasteiger partial charge in [-0.15, -0.1) is 0 Å². The SMILES string of the molecule is O=C(O)C1=CN(Cc2ccccc2)C=C(C(=O)O)C1c1ccc(-c2ccccc2)cc1. The van der Waals surface area contributed by atoms with Crippen LogP contribution in [0.2, 0.25) is 0 Å². The summed E-state index contributed by atoms with van der Waals surface area (Å²) in [5, 5.41) is 19.7. The molecule has 5 nitrogen and oxygen atoms in total. The number of aliphatic carboxylic acids is 2. The second kappa shape index (κ2) is 8.71. The normalized spacial score (nSPS) is 14.0. The average Bonchev–Trinajstić information content (AvgIpc) is 2.80. The highest BCUT2D eigenvalue weighted by Gasteiger charge is 2.34. The van der Waals surface area contributed by atoms with Crippen molar-refractivity contribution in [3.63, 3.8) is 0 Å². The number of carbonyl (C=O) groups is 2. The molecule has 2 N–H and O–H groups in total. The molecule has 1 aliphatic rings. The van der Waals surface area contributed by atoms with Gasteiger partial charge in [-0.2, -0.15) is 0 Å². The molecule has 0 atom stereocenters. The molecule has 31 heavy (non-hydrogen) atoms. The lowest BCUT2D eigenvalue weighted by molar-refractivity contribution is -0.133. The molecule has 3 aromatic rings. The Morgan fingerprint density at radius 1 is 0.677 bits per heavy atom. The van der Waals surface area contributed by atoms with Crippen LogP contribution < -0.4 is 0 Å². The predicted octanol–water partition coefficient (Wildman–Crippen LogP) is 4.89. The number of rotatable bonds is 6. The van der Waals surface area contributed by atoms with E-state index < -0.39 is 17.9 Å². The Morgan fingerprint density at radius 2 is 1.16 bits per heavy atom. The van der Waals surface area contributed by atoms with E-state index in [0.29, 0.717) is 12.1 Å². The molecule has 154 valence electrons. The highest BCUT2D eigenvalue weighted by molar-refractivity contribution is 5.97. The highest BCUT2D eigenvalue weighted by Crippen LogP contribution is 2.37. The van der Waals surface area contributed by atoms with E-state index in [4.69, 9.17) is 0 Å². The van der Waals surface area contributed by atoms with Crippen LogP contribution in [0.5, 0.6) is 0 Å². The molecular formula is C26H21NO4. The largest absolute Gasteiger partial charge is 0.478 e. The Morgan fingerprint density at radius 3 is 1.68 bits per heavy atom. The lowest BCUT2D eigenvalue weighted by Gasteiger charge is -2.29. The van der Waals surface area contributed by atoms with Crippen LogP contribution in [-0.4, -0.2) is 27.1 Å². The average molecular weight is 411 g/mol. The first-order chi connectivity index (χ1) is 15.0. The summed E-state index contributed by atoms with van der Waals surface area (Å²) in [6, 6.07) is 26.7. The fourth-order valence-corrected chi connectivity index (χ4v) is 3.81. The van der Waals surface area contributed by atoms with Gasteiger partial charge in [-0.1, -0.05) is 84.9 Å². The summed E-state index contributed by atoms with van der Waals surface area (Å²) in [4.78, 5) is 25.8. The van der Waals surface area contributed by atoms with Gasteiger partial charge in [-0.3, -0.25) is 0 Å². The van der Waals surface area contributed by atoms with Crippen LogP contribution in [0.25, 0.3) is 11.1 Å². The molecule has 0 spiro atoms. The minimum absolute atomic E-state index is 0.0308. The zero-order valence-corrected chi connectivity index (χ0v) is 16.7. The first kappa shape index (κ1) is 20.2. The third kappa shape index (κ3) is 4.41. The lowest BCUT2D eigenvalue weighted by Crippen LogP contribution is -2.27. The Balaban J connectivity index is 1.70. The van der Waals surface area contributed by atoms with E-state index >= 15 is 0 Å². The highest BCUT2D eigenvalue weighted by atomic mass is 16.4. The van der Waals surface area contributed by atoms with Crippen molar-refractivity contribution in [2.45, 2.75) is 12.5 Å². The quantitative estimate of drug-likeness (QED) is 0.604. The summed E-state index contributed by atoms with van der Waals surface area (Å²) in [5.74, 6) is -3.13. The van der Waals surface area contributed by atoms with Crippen LogP contribution in [0, 0.1) is 0 Å². The summed E-state index contributed by atoms with van der Waals surface area (Å²) in [5.41, 5.74) is 3.66. The molecule has 0 bridgehead atoms. The summed E-state index contributed by atoms with van der Waals surface area (Å²) in [6.07, 6.45) is 3.05. The smallest absolute Gasteiger partial charge is 0.334 e. The van der Waals surface area contributed by atoms with Crippen LogP contribution >= 0.6 is 0 Å². The first-order valence-corrected chi connectivity index (χ1v) is 9.88. The fraction of sp³-hybridized carbons (Fsp3) is 0.0769. The molecule has 0 saturated carbocycles. The van der Waals surface area contributed by atoms with Gasteiger partial charge in [-0.25, -0.2) is 9.59 Å². The van der Waals surface area contributed by atoms with E-state index in [1.54, 1.807) is 17.0 Å². The van der Waals surface area contributed by atoms with Gasteiger partial charge in [0.15, 0.2) is 0 Å². The first-order valence-electron chi connectivity index (χ1n) is 9.88. The van der Waals surface area contributed by atoms with Crippen molar-refractivity contribution in [2.75, 3.05) is 0 Å². The number of hydrogen-bond donors (Lipinski definition) is 2. The summed E-state index contributed by atoms with van der Waals surface area (Å²) in [7, 11) is 0. The lowest BCUT2D eigenvalue weighted by atomic mass is 9.83. The van der Waals surface area contributed by atoms with Crippen molar-refractivity contribution >= 4 is 11.9 Å². The third-order valence-corrected chi connectivity index (χ3v) is 5.28. The van der Waals surface area contributed by atoms with Gasteiger partial charge >= 0.3 is 11.9 Å². The van der Waals surface area contributed by atoms with Crippen LogP contribution in [0.1, 0.15) is 17.0 Å². The van der Waals surface area contributed by atoms with Crippen molar-refractivity contribution in [1.82, 2.24) is 4.90 Å². The standard InChI is InChI=1S/C26H21NO4/c28-25(29)22-16-27(15-18-7-3-1-4-8-18)17-23(26(30)31)24(22)21-13-11-20(12-14-21)19-9-5-2-6-10-19/h1-14,16-17,24H,15H2,(H,28,29)(H,30,31). The van der Waals surface area contributed by atoms with Gasteiger partial charge in [0.25, 0.3) is 0 Å². The van der Waals surface area contributed by atoms with Crippen molar-refractivity contribution in [3.8, 4) is 11.1 Å². The molecule has 4 rings (SSSR count). The van der Waals surface area contributed by atoms with Crippen molar-refractivity contribution in [2.24, 2.45) is 0 Å². The minimum Gasteiger partial charge on any atom is -0.478 e. The Labute approximate surface area is 180 Å². The van der Waals surface area contributed by atoms with Crippen LogP contribution in [0.3, 0.4) is 0 Å². The Kier molecular flexibility index (Phi) is 5.67. The number of carboxylic acid groups (broad SMARTS) is 2. The maximum Gasteiger partial charge on any atom is 0.334 e. The summed E-state index contributed by atoms with van der Waals surface area (Å²) >= 11 is 0. The van der Waals surface area contributed by atoms with Crippen molar-refractivity contribution in [1.29, 1.82) is 0 Å². The van der Waals surface area contributed by atoms with Gasteiger partial charge in [0.1, 0.15) is 0 Å². The monoisotopic (exact) mass is 411 g/mol.